The molecule has 5 rings (SSSR count). The molecule has 200 valence electrons. The molecule has 0 radical (unpaired) electrons. The van der Waals surface area contributed by atoms with Crippen LogP contribution in [0.4, 0.5) is 4.39 Å². The monoisotopic (exact) mass is 521 g/mol. The second-order valence-corrected chi connectivity index (χ2v) is 9.79. The van der Waals surface area contributed by atoms with Gasteiger partial charge in [0.2, 0.25) is 0 Å². The Morgan fingerprint density at radius 1 is 1.05 bits per heavy atom. The molecule has 0 aromatic heterocycles. The Labute approximate surface area is 220 Å². The molecule has 0 spiro atoms. The fourth-order valence-electron chi connectivity index (χ4n) is 5.12. The summed E-state index contributed by atoms with van der Waals surface area (Å²) in [5, 5.41) is 29.2. The van der Waals surface area contributed by atoms with Crippen molar-refractivity contribution in [1.82, 2.24) is 10.2 Å². The lowest BCUT2D eigenvalue weighted by Crippen LogP contribution is -2.48. The molecule has 2 atom stereocenters. The first-order valence-electron chi connectivity index (χ1n) is 13.0. The number of ether oxygens (including phenoxy) is 2. The minimum atomic E-state index is -1.22. The molecule has 2 heterocycles. The van der Waals surface area contributed by atoms with Crippen molar-refractivity contribution in [1.29, 1.82) is 0 Å². The van der Waals surface area contributed by atoms with Crippen LogP contribution in [-0.2, 0) is 11.2 Å². The van der Waals surface area contributed by atoms with Crippen LogP contribution < -0.4 is 14.8 Å². The van der Waals surface area contributed by atoms with Gasteiger partial charge in [0.25, 0.3) is 5.91 Å². The molecule has 8 nitrogen and oxygen atoms in total. The van der Waals surface area contributed by atoms with Crippen molar-refractivity contribution in [2.45, 2.75) is 37.8 Å². The minimum Gasteiger partial charge on any atom is -0.486 e. The maximum absolute atomic E-state index is 14.7. The number of oxime groups is 1. The number of carbonyl (C=O) groups excluding carboxylic acids is 1. The van der Waals surface area contributed by atoms with E-state index in [0.29, 0.717) is 13.0 Å². The molecule has 1 fully saturated rings. The molecule has 0 aliphatic carbocycles. The molecule has 9 heteroatoms. The molecule has 1 amide bonds. The summed E-state index contributed by atoms with van der Waals surface area (Å²) in [5.41, 5.74) is 1.25. The number of amides is 1. The van der Waals surface area contributed by atoms with Crippen LogP contribution in [0.5, 0.6) is 11.5 Å². The Bertz CT molecular complexity index is 1320. The van der Waals surface area contributed by atoms with Gasteiger partial charge < -0.3 is 30.0 Å². The van der Waals surface area contributed by atoms with E-state index in [0.717, 1.165) is 42.3 Å². The number of rotatable bonds is 9. The molecule has 2 aliphatic rings. The van der Waals surface area contributed by atoms with Crippen LogP contribution in [-0.4, -0.2) is 65.7 Å². The second-order valence-electron chi connectivity index (χ2n) is 9.79. The highest BCUT2D eigenvalue weighted by Gasteiger charge is 2.30. The number of hydrogen-bond acceptors (Lipinski definition) is 7. The topological polar surface area (TPSA) is 104 Å². The van der Waals surface area contributed by atoms with Gasteiger partial charge in [-0.3, -0.25) is 4.79 Å². The number of nitrogens with zero attached hydrogens (tertiary/aromatic N) is 2. The third kappa shape index (κ3) is 5.89. The number of fused-ring (bicyclic) bond motifs is 2. The Balaban J connectivity index is 1.30. The van der Waals surface area contributed by atoms with Crippen molar-refractivity contribution in [2.24, 2.45) is 5.16 Å². The average Bonchev–Trinajstić information content (AvgIpc) is 3.46. The van der Waals surface area contributed by atoms with Crippen LogP contribution >= 0.6 is 0 Å². The van der Waals surface area contributed by atoms with Gasteiger partial charge in [0.15, 0.2) is 17.3 Å². The number of likely N-dealkylation sites (tertiary alicyclic amines) is 1. The smallest absolute Gasteiger partial charge is 0.269 e. The standard InChI is InChI=1S/C29H32FN3O5/c30-23-16-22(17-26-28(23)38-14-13-37-26)27(34)25(18-33-11-3-4-12-33)31-29(35)24(32-36)10-8-19-7-9-20-5-1-2-6-21(20)15-19/h1-2,5-7,9,15-17,25,27,34,36H,3-4,8,10-14,18H2,(H,31,35)/b32-24+. The Hall–Kier alpha value is -3.69. The summed E-state index contributed by atoms with van der Waals surface area (Å²) in [4.78, 5) is 15.3. The number of nitrogens with one attached hydrogen (secondary N) is 1. The number of hydrogen-bond donors (Lipinski definition) is 3. The predicted octanol–water partition coefficient (Wildman–Crippen LogP) is 3.83. The van der Waals surface area contributed by atoms with Crippen molar-refractivity contribution >= 4 is 22.4 Å². The third-order valence-electron chi connectivity index (χ3n) is 7.16. The zero-order chi connectivity index (χ0) is 26.5. The van der Waals surface area contributed by atoms with Gasteiger partial charge in [-0.15, -0.1) is 0 Å². The molecule has 0 saturated carbocycles. The zero-order valence-electron chi connectivity index (χ0n) is 21.1. The second kappa shape index (κ2) is 11.8. The highest BCUT2D eigenvalue weighted by Crippen LogP contribution is 2.36. The molecule has 0 bridgehead atoms. The number of aliphatic hydroxyl groups excluding tert-OH is 1. The Kier molecular flexibility index (Phi) is 8.05. The molecule has 3 aromatic rings. The average molecular weight is 522 g/mol. The quantitative estimate of drug-likeness (QED) is 0.225. The summed E-state index contributed by atoms with van der Waals surface area (Å²) < 4.78 is 25.6. The number of carbonyl (C=O) groups is 1. The van der Waals surface area contributed by atoms with E-state index < -0.39 is 23.9 Å². The number of halogens is 1. The third-order valence-corrected chi connectivity index (χ3v) is 7.16. The van der Waals surface area contributed by atoms with Crippen molar-refractivity contribution in [3.05, 3.63) is 71.5 Å². The largest absolute Gasteiger partial charge is 0.486 e. The Morgan fingerprint density at radius 2 is 1.82 bits per heavy atom. The molecule has 3 N–H and O–H groups in total. The van der Waals surface area contributed by atoms with E-state index in [2.05, 4.69) is 21.4 Å². The zero-order valence-corrected chi connectivity index (χ0v) is 21.1. The highest BCUT2D eigenvalue weighted by atomic mass is 19.1. The fraction of sp³-hybridized carbons (Fsp3) is 0.379. The van der Waals surface area contributed by atoms with Gasteiger partial charge in [-0.25, -0.2) is 4.39 Å². The molecular formula is C29H32FN3O5. The number of aryl methyl sites for hydroxylation is 1. The van der Waals surface area contributed by atoms with Crippen LogP contribution in [0.2, 0.25) is 0 Å². The predicted molar refractivity (Wildman–Crippen MR) is 141 cm³/mol. The van der Waals surface area contributed by atoms with E-state index in [1.807, 2.05) is 36.4 Å². The van der Waals surface area contributed by atoms with Crippen LogP contribution in [0.3, 0.4) is 0 Å². The molecule has 1 saturated heterocycles. The van der Waals surface area contributed by atoms with Gasteiger partial charge in [-0.05, 0) is 66.4 Å². The maximum atomic E-state index is 14.7. The lowest BCUT2D eigenvalue weighted by atomic mass is 9.99. The van der Waals surface area contributed by atoms with E-state index >= 15 is 0 Å². The normalized spacial score (nSPS) is 17.4. The lowest BCUT2D eigenvalue weighted by molar-refractivity contribution is -0.116. The molecule has 2 aliphatic heterocycles. The molecule has 3 aromatic carbocycles. The number of aliphatic hydroxyl groups is 1. The summed E-state index contributed by atoms with van der Waals surface area (Å²) in [6, 6.07) is 16.1. The van der Waals surface area contributed by atoms with Crippen molar-refractivity contribution in [3.8, 4) is 11.5 Å². The van der Waals surface area contributed by atoms with E-state index in [-0.39, 0.29) is 42.4 Å². The van der Waals surface area contributed by atoms with Crippen LogP contribution in [0.1, 0.15) is 36.5 Å². The SMILES string of the molecule is O=C(NC(CN1CCCC1)C(O)c1cc(F)c2c(c1)OCCO2)/C(CCc1ccc2ccccc2c1)=N/O. The van der Waals surface area contributed by atoms with Gasteiger partial charge in [0.05, 0.1) is 6.04 Å². The lowest BCUT2D eigenvalue weighted by Gasteiger charge is -2.29. The van der Waals surface area contributed by atoms with E-state index in [4.69, 9.17) is 9.47 Å². The summed E-state index contributed by atoms with van der Waals surface area (Å²) in [5.74, 6) is -0.953. The summed E-state index contributed by atoms with van der Waals surface area (Å²) in [7, 11) is 0. The summed E-state index contributed by atoms with van der Waals surface area (Å²) in [6.07, 6.45) is 1.57. The Morgan fingerprint density at radius 3 is 2.61 bits per heavy atom. The first kappa shape index (κ1) is 25.9. The molecule has 2 unspecified atom stereocenters. The van der Waals surface area contributed by atoms with Gasteiger partial charge in [0, 0.05) is 13.0 Å². The van der Waals surface area contributed by atoms with Gasteiger partial charge in [-0.1, -0.05) is 47.6 Å². The molecule has 38 heavy (non-hydrogen) atoms. The van der Waals surface area contributed by atoms with E-state index in [9.17, 15) is 19.5 Å². The maximum Gasteiger partial charge on any atom is 0.269 e. The van der Waals surface area contributed by atoms with Crippen LogP contribution in [0, 0.1) is 5.82 Å². The van der Waals surface area contributed by atoms with Gasteiger partial charge in [-0.2, -0.15) is 0 Å². The van der Waals surface area contributed by atoms with Crippen molar-refractivity contribution < 1.29 is 29.0 Å². The summed E-state index contributed by atoms with van der Waals surface area (Å²) >= 11 is 0. The fourth-order valence-corrected chi connectivity index (χ4v) is 5.12. The summed E-state index contributed by atoms with van der Waals surface area (Å²) in [6.45, 7) is 2.59. The van der Waals surface area contributed by atoms with E-state index in [1.165, 1.54) is 6.07 Å². The number of benzene rings is 3. The highest BCUT2D eigenvalue weighted by molar-refractivity contribution is 6.38. The van der Waals surface area contributed by atoms with Crippen molar-refractivity contribution in [3.63, 3.8) is 0 Å². The van der Waals surface area contributed by atoms with Crippen LogP contribution in [0.25, 0.3) is 10.8 Å². The van der Waals surface area contributed by atoms with E-state index in [1.54, 1.807) is 6.07 Å². The van der Waals surface area contributed by atoms with Gasteiger partial charge >= 0.3 is 0 Å². The van der Waals surface area contributed by atoms with Crippen LogP contribution in [0.15, 0.2) is 59.8 Å². The van der Waals surface area contributed by atoms with Gasteiger partial charge in [0.1, 0.15) is 25.0 Å². The van der Waals surface area contributed by atoms with Crippen molar-refractivity contribution in [2.75, 3.05) is 32.8 Å². The first-order valence-corrected chi connectivity index (χ1v) is 13.0. The molecular weight excluding hydrogens is 489 g/mol. The first-order chi connectivity index (χ1) is 18.5. The minimum absolute atomic E-state index is 0.0238.